The Labute approximate surface area is 225 Å². The number of ether oxygens (including phenoxy) is 2. The fourth-order valence-corrected chi connectivity index (χ4v) is 4.30. The third-order valence-electron chi connectivity index (χ3n) is 6.02. The Hall–Kier alpha value is -4.64. The summed E-state index contributed by atoms with van der Waals surface area (Å²) >= 11 is 4.64. The van der Waals surface area contributed by atoms with Gasteiger partial charge in [-0.3, -0.25) is 5.43 Å². The van der Waals surface area contributed by atoms with Crippen molar-refractivity contribution in [1.29, 1.82) is 0 Å². The molecule has 196 valence electrons. The van der Waals surface area contributed by atoms with Crippen LogP contribution in [0.4, 0.5) is 34.1 Å². The minimum atomic E-state index is -1.12. The minimum Gasteiger partial charge on any atom is -0.494 e. The number of nitrogen functional groups attached to an aromatic ring is 1. The number of thiol groups is 1. The summed E-state index contributed by atoms with van der Waals surface area (Å²) in [7, 11) is 4.93. The molecule has 0 heterocycles. The highest BCUT2D eigenvalue weighted by Gasteiger charge is 2.14. The van der Waals surface area contributed by atoms with Gasteiger partial charge in [0, 0.05) is 35.5 Å². The zero-order valence-corrected chi connectivity index (χ0v) is 22.2. The van der Waals surface area contributed by atoms with Crippen molar-refractivity contribution < 1.29 is 19.4 Å². The van der Waals surface area contributed by atoms with E-state index in [0.29, 0.717) is 39.1 Å². The predicted octanol–water partition coefficient (Wildman–Crippen LogP) is 6.63. The Morgan fingerprint density at radius 3 is 2.37 bits per heavy atom. The van der Waals surface area contributed by atoms with Gasteiger partial charge in [0.05, 0.1) is 31.2 Å². The first-order valence-electron chi connectivity index (χ1n) is 11.5. The lowest BCUT2D eigenvalue weighted by atomic mass is 10.0. The summed E-state index contributed by atoms with van der Waals surface area (Å²) in [4.78, 5) is 12.1. The van der Waals surface area contributed by atoms with E-state index in [2.05, 4.69) is 45.1 Å². The van der Waals surface area contributed by atoms with Gasteiger partial charge in [-0.05, 0) is 59.7 Å². The Kier molecular flexibility index (Phi) is 7.77. The molecule has 0 saturated carbocycles. The number of azo groups is 1. The van der Waals surface area contributed by atoms with Gasteiger partial charge in [0.15, 0.2) is 0 Å². The summed E-state index contributed by atoms with van der Waals surface area (Å²) in [5.41, 5.74) is 15.9. The number of benzene rings is 4. The number of hydrogen-bond acceptors (Lipinski definition) is 10. The molecule has 0 amide bonds. The van der Waals surface area contributed by atoms with Gasteiger partial charge in [-0.2, -0.15) is 0 Å². The van der Waals surface area contributed by atoms with E-state index in [0.717, 1.165) is 22.0 Å². The molecule has 0 fully saturated rings. The van der Waals surface area contributed by atoms with Crippen molar-refractivity contribution in [1.82, 2.24) is 0 Å². The van der Waals surface area contributed by atoms with Crippen LogP contribution in [0.2, 0.25) is 0 Å². The number of methoxy groups -OCH3 is 2. The van der Waals surface area contributed by atoms with E-state index >= 15 is 0 Å². The quantitative estimate of drug-likeness (QED) is 0.0610. The number of rotatable bonds is 9. The van der Waals surface area contributed by atoms with Crippen molar-refractivity contribution in [2.75, 3.05) is 43.2 Å². The second-order valence-corrected chi connectivity index (χ2v) is 8.82. The van der Waals surface area contributed by atoms with Gasteiger partial charge < -0.3 is 31.1 Å². The Morgan fingerprint density at radius 1 is 0.947 bits per heavy atom. The summed E-state index contributed by atoms with van der Waals surface area (Å²) in [6.45, 7) is 1.99. The van der Waals surface area contributed by atoms with Crippen LogP contribution >= 0.6 is 12.6 Å². The molecule has 0 atom stereocenters. The molecule has 0 spiro atoms. The van der Waals surface area contributed by atoms with Crippen molar-refractivity contribution in [3.63, 3.8) is 0 Å². The maximum atomic E-state index is 11.4. The number of fused-ring (bicyclic) bond motifs is 1. The van der Waals surface area contributed by atoms with Gasteiger partial charge in [0.2, 0.25) is 0 Å². The van der Waals surface area contributed by atoms with Gasteiger partial charge in [0.1, 0.15) is 22.9 Å². The van der Waals surface area contributed by atoms with Crippen molar-refractivity contribution in [2.24, 2.45) is 10.2 Å². The van der Waals surface area contributed by atoms with Gasteiger partial charge >= 0.3 is 5.97 Å². The van der Waals surface area contributed by atoms with E-state index in [-0.39, 0.29) is 11.3 Å². The molecule has 0 aliphatic carbocycles. The molecule has 0 aromatic heterocycles. The van der Waals surface area contributed by atoms with Gasteiger partial charge in [-0.25, -0.2) is 4.79 Å². The second-order valence-electron chi connectivity index (χ2n) is 8.34. The summed E-state index contributed by atoms with van der Waals surface area (Å²) in [5.74, 6) is -0.214. The highest BCUT2D eigenvalue weighted by molar-refractivity contribution is 7.80. The number of hydrogen-bond donors (Lipinski definition) is 6. The second kappa shape index (κ2) is 11.2. The maximum Gasteiger partial charge on any atom is 0.337 e. The molecule has 0 radical (unpaired) electrons. The number of nitrogens with one attached hydrogen (secondary N) is 3. The number of aromatic carboxylic acids is 1. The molecular weight excluding hydrogens is 504 g/mol. The van der Waals surface area contributed by atoms with Crippen LogP contribution in [0, 0.1) is 6.92 Å². The van der Waals surface area contributed by atoms with E-state index in [1.807, 2.05) is 32.2 Å². The minimum absolute atomic E-state index is 0.00757. The van der Waals surface area contributed by atoms with E-state index in [1.54, 1.807) is 18.2 Å². The van der Waals surface area contributed by atoms with E-state index in [9.17, 15) is 9.90 Å². The Morgan fingerprint density at radius 2 is 1.68 bits per heavy atom. The number of hydrazine groups is 1. The molecule has 4 rings (SSSR count). The van der Waals surface area contributed by atoms with E-state index in [1.165, 1.54) is 26.4 Å². The van der Waals surface area contributed by atoms with Gasteiger partial charge in [-0.15, -0.1) is 22.9 Å². The molecule has 6 N–H and O–H groups in total. The molecule has 0 aliphatic heterocycles. The van der Waals surface area contributed by atoms with E-state index < -0.39 is 5.97 Å². The first kappa shape index (κ1) is 26.4. The lowest BCUT2D eigenvalue weighted by Gasteiger charge is -2.16. The SMILES string of the molecule is CNc1ccc2cc(S)c(N=Nc3cc(OC)c(NNc4ccc(N)c(C(=O)O)c4)cc3OC)c(C)c2c1. The van der Waals surface area contributed by atoms with Crippen LogP contribution in [0.25, 0.3) is 10.8 Å². The summed E-state index contributed by atoms with van der Waals surface area (Å²) in [6.07, 6.45) is 0. The zero-order chi connectivity index (χ0) is 27.4. The average molecular weight is 533 g/mol. The number of anilines is 4. The number of nitrogens with two attached hydrogens (primary N) is 1. The molecule has 0 saturated heterocycles. The zero-order valence-electron chi connectivity index (χ0n) is 21.3. The fraction of sp³-hybridized carbons (Fsp3) is 0.148. The maximum absolute atomic E-state index is 11.4. The molecule has 10 nitrogen and oxygen atoms in total. The van der Waals surface area contributed by atoms with Gasteiger partial charge in [0.25, 0.3) is 0 Å². The molecule has 4 aromatic carbocycles. The summed E-state index contributed by atoms with van der Waals surface area (Å²) in [6, 6.07) is 16.1. The van der Waals surface area contributed by atoms with Gasteiger partial charge in [-0.1, -0.05) is 6.07 Å². The van der Waals surface area contributed by atoms with Crippen molar-refractivity contribution in [3.8, 4) is 11.5 Å². The third kappa shape index (κ3) is 5.37. The monoisotopic (exact) mass is 532 g/mol. The Bertz CT molecular complexity index is 1560. The van der Waals surface area contributed by atoms with Crippen LogP contribution in [-0.2, 0) is 0 Å². The average Bonchev–Trinajstić information content (AvgIpc) is 2.92. The van der Waals surface area contributed by atoms with Crippen LogP contribution in [0.1, 0.15) is 15.9 Å². The normalized spacial score (nSPS) is 11.0. The molecule has 38 heavy (non-hydrogen) atoms. The van der Waals surface area contributed by atoms with Crippen LogP contribution in [0.5, 0.6) is 11.5 Å². The number of aryl methyl sites for hydroxylation is 1. The highest BCUT2D eigenvalue weighted by atomic mass is 32.1. The lowest BCUT2D eigenvalue weighted by molar-refractivity contribution is 0.0698. The van der Waals surface area contributed by atoms with Crippen LogP contribution in [-0.4, -0.2) is 32.3 Å². The highest BCUT2D eigenvalue weighted by Crippen LogP contribution is 2.41. The number of nitrogens with zero attached hydrogens (tertiary/aromatic N) is 2. The number of carbonyl (C=O) groups is 1. The number of carboxylic acids is 1. The predicted molar refractivity (Wildman–Crippen MR) is 154 cm³/mol. The smallest absolute Gasteiger partial charge is 0.337 e. The standard InChI is InChI=1S/C27H28N6O4S/c1-14-18-10-16(29-2)6-5-15(18)9-25(38)26(14)33-32-22-13-23(36-3)21(12-24(22)37-4)31-30-17-7-8-20(28)19(11-17)27(34)35/h5-13,29-31,38H,28H2,1-4H3,(H,34,35). The Balaban J connectivity index is 1.65. The van der Waals surface area contributed by atoms with Crippen molar-refractivity contribution in [2.45, 2.75) is 11.8 Å². The third-order valence-corrected chi connectivity index (χ3v) is 6.36. The lowest BCUT2D eigenvalue weighted by Crippen LogP contribution is -2.11. The topological polar surface area (TPSA) is 143 Å². The van der Waals surface area contributed by atoms with Crippen LogP contribution in [0.15, 0.2) is 69.7 Å². The molecule has 0 bridgehead atoms. The van der Waals surface area contributed by atoms with Crippen molar-refractivity contribution >= 4 is 63.5 Å². The van der Waals surface area contributed by atoms with Crippen LogP contribution < -0.4 is 31.4 Å². The summed E-state index contributed by atoms with van der Waals surface area (Å²) in [5, 5.41) is 23.5. The molecule has 4 aromatic rings. The van der Waals surface area contributed by atoms with Crippen molar-refractivity contribution in [3.05, 3.63) is 65.7 Å². The number of carboxylic acid groups (broad SMARTS) is 1. The first-order chi connectivity index (χ1) is 18.2. The molecule has 11 heteroatoms. The molecule has 0 unspecified atom stereocenters. The fourth-order valence-electron chi connectivity index (χ4n) is 3.94. The largest absolute Gasteiger partial charge is 0.494 e. The summed E-state index contributed by atoms with van der Waals surface area (Å²) < 4.78 is 11.1. The molecular formula is C27H28N6O4S. The van der Waals surface area contributed by atoms with Crippen LogP contribution in [0.3, 0.4) is 0 Å². The van der Waals surface area contributed by atoms with E-state index in [4.69, 9.17) is 15.2 Å². The first-order valence-corrected chi connectivity index (χ1v) is 12.0. The molecule has 0 aliphatic rings.